The minimum atomic E-state index is -0.237. The number of nitrogens with zero attached hydrogens (tertiary/aromatic N) is 3. The highest BCUT2D eigenvalue weighted by Crippen LogP contribution is 2.32. The molecule has 6 nitrogen and oxygen atoms in total. The first-order valence-electron chi connectivity index (χ1n) is 7.77. The van der Waals surface area contributed by atoms with E-state index in [1.807, 2.05) is 13.0 Å². The molecule has 1 aliphatic rings. The third-order valence-electron chi connectivity index (χ3n) is 4.58. The van der Waals surface area contributed by atoms with Crippen molar-refractivity contribution in [3.63, 3.8) is 0 Å². The van der Waals surface area contributed by atoms with Crippen molar-refractivity contribution in [2.24, 2.45) is 11.8 Å². The van der Waals surface area contributed by atoms with Crippen molar-refractivity contribution in [1.29, 1.82) is 0 Å². The van der Waals surface area contributed by atoms with Crippen LogP contribution in [-0.4, -0.2) is 25.6 Å². The van der Waals surface area contributed by atoms with E-state index in [1.54, 1.807) is 0 Å². The molecule has 2 N–H and O–H groups in total. The SMILES string of the molecule is Cc1nc(NC2CCCCC2C(C)C)cc2n[nH]c(=O)n12. The van der Waals surface area contributed by atoms with Crippen LogP contribution in [0, 0.1) is 18.8 Å². The van der Waals surface area contributed by atoms with Crippen LogP contribution >= 0.6 is 0 Å². The molecule has 1 aliphatic carbocycles. The summed E-state index contributed by atoms with van der Waals surface area (Å²) in [5.74, 6) is 2.82. The van der Waals surface area contributed by atoms with Gasteiger partial charge in [0, 0.05) is 12.1 Å². The number of hydrogen-bond donors (Lipinski definition) is 2. The maximum atomic E-state index is 11.6. The van der Waals surface area contributed by atoms with Gasteiger partial charge in [0.25, 0.3) is 0 Å². The Labute approximate surface area is 124 Å². The molecule has 1 fully saturated rings. The van der Waals surface area contributed by atoms with E-state index in [0.29, 0.717) is 29.3 Å². The standard InChI is InChI=1S/C15H23N5O/c1-9(2)11-6-4-5-7-12(11)17-13-8-14-18-19-15(21)20(14)10(3)16-13/h8-9,11-12,17H,4-7H2,1-3H3,(H,19,21). The lowest BCUT2D eigenvalue weighted by molar-refractivity contribution is 0.253. The Morgan fingerprint density at radius 1 is 1.38 bits per heavy atom. The van der Waals surface area contributed by atoms with Gasteiger partial charge in [-0.05, 0) is 31.6 Å². The van der Waals surface area contributed by atoms with Crippen molar-refractivity contribution in [3.8, 4) is 0 Å². The molecule has 0 aromatic carbocycles. The third-order valence-corrected chi connectivity index (χ3v) is 4.58. The van der Waals surface area contributed by atoms with Gasteiger partial charge in [0.1, 0.15) is 11.6 Å². The van der Waals surface area contributed by atoms with Gasteiger partial charge in [0.2, 0.25) is 0 Å². The summed E-state index contributed by atoms with van der Waals surface area (Å²) in [4.78, 5) is 16.1. The third kappa shape index (κ3) is 2.66. The summed E-state index contributed by atoms with van der Waals surface area (Å²) < 4.78 is 1.49. The highest BCUT2D eigenvalue weighted by atomic mass is 16.1. The van der Waals surface area contributed by atoms with E-state index in [9.17, 15) is 4.79 Å². The van der Waals surface area contributed by atoms with E-state index in [1.165, 1.54) is 30.1 Å². The maximum absolute atomic E-state index is 11.6. The van der Waals surface area contributed by atoms with Crippen LogP contribution in [-0.2, 0) is 0 Å². The van der Waals surface area contributed by atoms with Crippen LogP contribution in [0.4, 0.5) is 5.82 Å². The molecule has 0 amide bonds. The summed E-state index contributed by atoms with van der Waals surface area (Å²) >= 11 is 0. The van der Waals surface area contributed by atoms with Crippen molar-refractivity contribution in [3.05, 3.63) is 22.4 Å². The zero-order valence-electron chi connectivity index (χ0n) is 12.9. The van der Waals surface area contributed by atoms with Crippen LogP contribution in [0.1, 0.15) is 45.4 Å². The predicted molar refractivity (Wildman–Crippen MR) is 82.6 cm³/mol. The Hall–Kier alpha value is -1.85. The number of H-pyrrole nitrogens is 1. The summed E-state index contributed by atoms with van der Waals surface area (Å²) in [6, 6.07) is 2.30. The molecule has 0 radical (unpaired) electrons. The van der Waals surface area contributed by atoms with Crippen molar-refractivity contribution >= 4 is 11.5 Å². The van der Waals surface area contributed by atoms with E-state index in [-0.39, 0.29) is 5.69 Å². The number of nitrogens with one attached hydrogen (secondary N) is 2. The highest BCUT2D eigenvalue weighted by Gasteiger charge is 2.27. The number of aromatic nitrogens is 4. The van der Waals surface area contributed by atoms with Crippen LogP contribution in [0.15, 0.2) is 10.9 Å². The maximum Gasteiger partial charge on any atom is 0.349 e. The quantitative estimate of drug-likeness (QED) is 0.909. The zero-order valence-corrected chi connectivity index (χ0v) is 12.9. The second-order valence-electron chi connectivity index (χ2n) is 6.35. The van der Waals surface area contributed by atoms with Crippen LogP contribution in [0.25, 0.3) is 5.65 Å². The van der Waals surface area contributed by atoms with Crippen LogP contribution in [0.2, 0.25) is 0 Å². The van der Waals surface area contributed by atoms with Gasteiger partial charge in [0.15, 0.2) is 5.65 Å². The molecule has 0 saturated heterocycles. The summed E-state index contributed by atoms with van der Waals surface area (Å²) in [6.45, 7) is 6.41. The topological polar surface area (TPSA) is 75.1 Å². The van der Waals surface area contributed by atoms with Gasteiger partial charge < -0.3 is 5.32 Å². The van der Waals surface area contributed by atoms with E-state index >= 15 is 0 Å². The van der Waals surface area contributed by atoms with Crippen LogP contribution in [0.5, 0.6) is 0 Å². The summed E-state index contributed by atoms with van der Waals surface area (Å²) in [5.41, 5.74) is 0.381. The van der Waals surface area contributed by atoms with Gasteiger partial charge in [-0.3, -0.25) is 0 Å². The first-order chi connectivity index (χ1) is 10.1. The van der Waals surface area contributed by atoms with E-state index in [2.05, 4.69) is 34.3 Å². The number of aryl methyl sites for hydroxylation is 1. The molecule has 3 rings (SSSR count). The number of hydrogen-bond acceptors (Lipinski definition) is 4. The number of rotatable bonds is 3. The summed E-state index contributed by atoms with van der Waals surface area (Å²) in [7, 11) is 0. The molecule has 6 heteroatoms. The van der Waals surface area contributed by atoms with Crippen LogP contribution in [0.3, 0.4) is 0 Å². The zero-order chi connectivity index (χ0) is 15.0. The molecule has 2 unspecified atom stereocenters. The van der Waals surface area contributed by atoms with Gasteiger partial charge in [-0.1, -0.05) is 26.7 Å². The largest absolute Gasteiger partial charge is 0.367 e. The lowest BCUT2D eigenvalue weighted by Gasteiger charge is -2.35. The van der Waals surface area contributed by atoms with Crippen molar-refractivity contribution < 1.29 is 0 Å². The Morgan fingerprint density at radius 3 is 2.90 bits per heavy atom. The van der Waals surface area contributed by atoms with Crippen molar-refractivity contribution in [1.82, 2.24) is 19.6 Å². The molecule has 2 atom stereocenters. The molecule has 0 spiro atoms. The fourth-order valence-corrected chi connectivity index (χ4v) is 3.50. The lowest BCUT2D eigenvalue weighted by atomic mass is 9.78. The fourth-order valence-electron chi connectivity index (χ4n) is 3.50. The second-order valence-corrected chi connectivity index (χ2v) is 6.35. The molecule has 114 valence electrons. The van der Waals surface area contributed by atoms with E-state index in [0.717, 1.165) is 5.82 Å². The molecule has 2 heterocycles. The molecule has 2 aromatic rings. The molecular weight excluding hydrogens is 266 g/mol. The minimum absolute atomic E-state index is 0.237. The van der Waals surface area contributed by atoms with E-state index in [4.69, 9.17) is 0 Å². The molecular formula is C15H23N5O. The van der Waals surface area contributed by atoms with Gasteiger partial charge in [-0.15, -0.1) is 0 Å². The smallest absolute Gasteiger partial charge is 0.349 e. The van der Waals surface area contributed by atoms with Crippen molar-refractivity contribution in [2.75, 3.05) is 5.32 Å². The normalized spacial score (nSPS) is 22.9. The van der Waals surface area contributed by atoms with Gasteiger partial charge in [-0.2, -0.15) is 5.10 Å². The number of aromatic amines is 1. The Balaban J connectivity index is 1.88. The van der Waals surface area contributed by atoms with Gasteiger partial charge >= 0.3 is 5.69 Å². The lowest BCUT2D eigenvalue weighted by Crippen LogP contribution is -2.35. The van der Waals surface area contributed by atoms with Crippen LogP contribution < -0.4 is 11.0 Å². The van der Waals surface area contributed by atoms with E-state index < -0.39 is 0 Å². The predicted octanol–water partition coefficient (Wildman–Crippen LogP) is 2.35. The number of anilines is 1. The van der Waals surface area contributed by atoms with Gasteiger partial charge in [0.05, 0.1) is 0 Å². The first-order valence-corrected chi connectivity index (χ1v) is 7.77. The fraction of sp³-hybridized carbons (Fsp3) is 0.667. The Bertz CT molecular complexity index is 687. The summed E-state index contributed by atoms with van der Waals surface area (Å²) in [5, 5.41) is 10.1. The number of fused-ring (bicyclic) bond motifs is 1. The minimum Gasteiger partial charge on any atom is -0.367 e. The first kappa shape index (κ1) is 14.1. The Kier molecular flexibility index (Phi) is 3.69. The highest BCUT2D eigenvalue weighted by molar-refractivity contribution is 5.50. The molecule has 0 bridgehead atoms. The Morgan fingerprint density at radius 2 is 2.14 bits per heavy atom. The molecule has 1 saturated carbocycles. The average Bonchev–Trinajstić information content (AvgIpc) is 2.81. The average molecular weight is 289 g/mol. The molecule has 21 heavy (non-hydrogen) atoms. The second kappa shape index (κ2) is 5.50. The van der Waals surface area contributed by atoms with Crippen molar-refractivity contribution in [2.45, 2.75) is 52.5 Å². The monoisotopic (exact) mass is 289 g/mol. The molecule has 2 aromatic heterocycles. The van der Waals surface area contributed by atoms with Gasteiger partial charge in [-0.25, -0.2) is 19.3 Å². The summed E-state index contributed by atoms with van der Waals surface area (Å²) in [6.07, 6.45) is 5.05. The molecule has 0 aliphatic heterocycles.